The summed E-state index contributed by atoms with van der Waals surface area (Å²) in [7, 11) is 0. The van der Waals surface area contributed by atoms with E-state index >= 15 is 0 Å². The molecule has 6 heteroatoms. The van der Waals surface area contributed by atoms with Crippen molar-refractivity contribution >= 4 is 43.6 Å². The average Bonchev–Trinajstić information content (AvgIpc) is 3.62. The smallest absolute Gasteiger partial charge is 0.0787 e. The molecule has 2 N–H and O–H groups in total. The molecule has 0 saturated heterocycles. The van der Waals surface area contributed by atoms with Gasteiger partial charge in [-0.3, -0.25) is 14.9 Å². The van der Waals surface area contributed by atoms with Crippen molar-refractivity contribution in [1.82, 2.24) is 24.0 Å². The number of para-hydroxylation sites is 2. The molecule has 0 spiro atoms. The molecule has 0 saturated carbocycles. The van der Waals surface area contributed by atoms with Crippen molar-refractivity contribution < 1.29 is 0 Å². The van der Waals surface area contributed by atoms with Gasteiger partial charge >= 0.3 is 0 Å². The third kappa shape index (κ3) is 5.56. The zero-order chi connectivity index (χ0) is 31.6. The number of hydrogen-bond acceptors (Lipinski definition) is 4. The highest BCUT2D eigenvalue weighted by molar-refractivity contribution is 6.09. The standard InChI is InChI=1S/C41H38N6/c42-22-11-25-45(28-36-40-34(20-23-43-36)32-16-7-9-18-38(32)46(40)26-30-12-3-1-4-13-30)29-37-41-35(21-24-44-37)33-17-8-10-19-39(33)47(41)27-31-14-5-2-6-15-31/h1-10,12-21,23-24H,11,22,25-29,42H2. The predicted molar refractivity (Wildman–Crippen MR) is 193 cm³/mol. The highest BCUT2D eigenvalue weighted by atomic mass is 15.1. The van der Waals surface area contributed by atoms with Crippen LogP contribution in [0.3, 0.4) is 0 Å². The van der Waals surface area contributed by atoms with Gasteiger partial charge in [0.2, 0.25) is 0 Å². The van der Waals surface area contributed by atoms with Gasteiger partial charge < -0.3 is 14.9 Å². The average molecular weight is 615 g/mol. The van der Waals surface area contributed by atoms with Crippen molar-refractivity contribution in [2.75, 3.05) is 13.1 Å². The summed E-state index contributed by atoms with van der Waals surface area (Å²) in [6, 6.07) is 43.1. The Hall–Kier alpha value is -5.30. The summed E-state index contributed by atoms with van der Waals surface area (Å²) in [5.41, 5.74) is 15.6. The van der Waals surface area contributed by atoms with Gasteiger partial charge in [-0.15, -0.1) is 0 Å². The summed E-state index contributed by atoms with van der Waals surface area (Å²) < 4.78 is 4.89. The number of nitrogens with two attached hydrogens (primary N) is 1. The predicted octanol–water partition coefficient (Wildman–Crippen LogP) is 8.14. The number of fused-ring (bicyclic) bond motifs is 6. The van der Waals surface area contributed by atoms with E-state index in [9.17, 15) is 0 Å². The van der Waals surface area contributed by atoms with Crippen LogP contribution < -0.4 is 5.73 Å². The first kappa shape index (κ1) is 29.1. The lowest BCUT2D eigenvalue weighted by atomic mass is 10.1. The van der Waals surface area contributed by atoms with Crippen LogP contribution >= 0.6 is 0 Å². The maximum absolute atomic E-state index is 6.10. The highest BCUT2D eigenvalue weighted by Crippen LogP contribution is 2.34. The lowest BCUT2D eigenvalue weighted by Crippen LogP contribution is -2.27. The number of aromatic nitrogens is 4. The topological polar surface area (TPSA) is 64.9 Å². The van der Waals surface area contributed by atoms with Gasteiger partial charge in [0.25, 0.3) is 0 Å². The summed E-state index contributed by atoms with van der Waals surface area (Å²) in [5.74, 6) is 0. The molecule has 232 valence electrons. The normalized spacial score (nSPS) is 11.9. The molecule has 0 radical (unpaired) electrons. The lowest BCUT2D eigenvalue weighted by Gasteiger charge is -2.23. The van der Waals surface area contributed by atoms with Gasteiger partial charge in [-0.1, -0.05) is 97.1 Å². The van der Waals surface area contributed by atoms with Crippen LogP contribution in [0, 0.1) is 0 Å². The molecule has 0 unspecified atom stereocenters. The first-order valence-corrected chi connectivity index (χ1v) is 16.5. The van der Waals surface area contributed by atoms with E-state index in [-0.39, 0.29) is 0 Å². The van der Waals surface area contributed by atoms with E-state index in [2.05, 4.69) is 135 Å². The lowest BCUT2D eigenvalue weighted by molar-refractivity contribution is 0.250. The molecule has 8 rings (SSSR count). The minimum Gasteiger partial charge on any atom is -0.334 e. The van der Waals surface area contributed by atoms with Crippen molar-refractivity contribution in [3.63, 3.8) is 0 Å². The molecular weight excluding hydrogens is 576 g/mol. The second kappa shape index (κ2) is 12.8. The molecular formula is C41H38N6. The van der Waals surface area contributed by atoms with Crippen molar-refractivity contribution in [2.45, 2.75) is 32.6 Å². The highest BCUT2D eigenvalue weighted by Gasteiger charge is 2.20. The molecule has 0 aliphatic heterocycles. The number of hydrogen-bond donors (Lipinski definition) is 1. The van der Waals surface area contributed by atoms with E-state index < -0.39 is 0 Å². The molecule has 4 aromatic carbocycles. The van der Waals surface area contributed by atoms with Crippen LogP contribution in [-0.2, 0) is 26.2 Å². The van der Waals surface area contributed by atoms with E-state index in [0.29, 0.717) is 19.6 Å². The number of benzene rings is 4. The minimum absolute atomic E-state index is 0.633. The van der Waals surface area contributed by atoms with E-state index in [1.807, 2.05) is 12.4 Å². The van der Waals surface area contributed by atoms with Crippen LogP contribution in [0.1, 0.15) is 28.9 Å². The summed E-state index contributed by atoms with van der Waals surface area (Å²) >= 11 is 0. The minimum atomic E-state index is 0.633. The van der Waals surface area contributed by atoms with Gasteiger partial charge in [0.05, 0.1) is 22.4 Å². The molecule has 47 heavy (non-hydrogen) atoms. The summed E-state index contributed by atoms with van der Waals surface area (Å²) in [6.45, 7) is 4.44. The van der Waals surface area contributed by atoms with Crippen LogP contribution in [-0.4, -0.2) is 37.1 Å². The summed E-state index contributed by atoms with van der Waals surface area (Å²) in [4.78, 5) is 12.6. The Morgan fingerprint density at radius 1 is 0.511 bits per heavy atom. The van der Waals surface area contributed by atoms with E-state index in [1.54, 1.807) is 0 Å². The molecule has 0 aliphatic carbocycles. The first-order valence-electron chi connectivity index (χ1n) is 16.5. The molecule has 6 nitrogen and oxygen atoms in total. The van der Waals surface area contributed by atoms with Crippen molar-refractivity contribution in [3.05, 3.63) is 156 Å². The molecule has 0 aliphatic rings. The largest absolute Gasteiger partial charge is 0.334 e. The Morgan fingerprint density at radius 2 is 0.957 bits per heavy atom. The Kier molecular flexibility index (Phi) is 7.95. The zero-order valence-corrected chi connectivity index (χ0v) is 26.5. The van der Waals surface area contributed by atoms with Crippen LogP contribution in [0.5, 0.6) is 0 Å². The Morgan fingerprint density at radius 3 is 1.43 bits per heavy atom. The van der Waals surface area contributed by atoms with Crippen molar-refractivity contribution in [2.24, 2.45) is 5.73 Å². The molecule has 8 aromatic rings. The van der Waals surface area contributed by atoms with Gasteiger partial charge in [0, 0.05) is 77.7 Å². The Balaban J connectivity index is 1.23. The van der Waals surface area contributed by atoms with E-state index in [0.717, 1.165) is 37.4 Å². The van der Waals surface area contributed by atoms with Gasteiger partial charge in [-0.2, -0.15) is 0 Å². The van der Waals surface area contributed by atoms with Crippen LogP contribution in [0.4, 0.5) is 0 Å². The second-order valence-corrected chi connectivity index (χ2v) is 12.3. The van der Waals surface area contributed by atoms with Crippen LogP contribution in [0.25, 0.3) is 43.6 Å². The maximum atomic E-state index is 6.10. The molecule has 0 bridgehead atoms. The quantitative estimate of drug-likeness (QED) is 0.160. The third-order valence-corrected chi connectivity index (χ3v) is 9.30. The molecule has 0 atom stereocenters. The van der Waals surface area contributed by atoms with Gasteiger partial charge in [-0.05, 0) is 48.4 Å². The third-order valence-electron chi connectivity index (χ3n) is 9.30. The van der Waals surface area contributed by atoms with Crippen LogP contribution in [0.15, 0.2) is 134 Å². The molecule has 0 fully saturated rings. The monoisotopic (exact) mass is 614 g/mol. The number of pyridine rings is 2. The fourth-order valence-corrected chi connectivity index (χ4v) is 7.19. The zero-order valence-electron chi connectivity index (χ0n) is 26.5. The van der Waals surface area contributed by atoms with E-state index in [1.165, 1.54) is 54.7 Å². The van der Waals surface area contributed by atoms with E-state index in [4.69, 9.17) is 15.7 Å². The van der Waals surface area contributed by atoms with Gasteiger partial charge in [0.1, 0.15) is 0 Å². The second-order valence-electron chi connectivity index (χ2n) is 12.3. The fourth-order valence-electron chi connectivity index (χ4n) is 7.19. The Bertz CT molecular complexity index is 2140. The van der Waals surface area contributed by atoms with Crippen molar-refractivity contribution in [1.29, 1.82) is 0 Å². The number of rotatable bonds is 11. The molecule has 4 aromatic heterocycles. The molecule has 0 amide bonds. The Labute approximate surface area is 274 Å². The SMILES string of the molecule is NCCCN(Cc1nccc2c3ccccc3n(Cc3ccccc3)c12)Cc1nccc2c3ccccc3n(Cc3ccccc3)c12. The number of nitrogens with zero attached hydrogens (tertiary/aromatic N) is 5. The van der Waals surface area contributed by atoms with Gasteiger partial charge in [0.15, 0.2) is 0 Å². The molecule has 4 heterocycles. The summed E-state index contributed by atoms with van der Waals surface area (Å²) in [6.07, 6.45) is 4.83. The maximum Gasteiger partial charge on any atom is 0.0787 e. The van der Waals surface area contributed by atoms with Gasteiger partial charge in [-0.25, -0.2) is 0 Å². The summed E-state index contributed by atoms with van der Waals surface area (Å²) in [5, 5.41) is 4.99. The first-order chi connectivity index (χ1) is 23.3. The van der Waals surface area contributed by atoms with Crippen LogP contribution in [0.2, 0.25) is 0 Å². The fraction of sp³-hybridized carbons (Fsp3) is 0.171. The van der Waals surface area contributed by atoms with Crippen molar-refractivity contribution in [3.8, 4) is 0 Å².